The summed E-state index contributed by atoms with van der Waals surface area (Å²) < 4.78 is 0.975. The number of nitrogens with zero attached hydrogens (tertiary/aromatic N) is 1. The standard InChI is InChI=1S/C13H14BrN3O2/c1-7-5-9(14)6-8(2)12(7)15-13(19)10-3-4-11(18)17-16-10/h5-6H,3-4H2,1-2H3,(H,15,19)(H,17,18). The van der Waals surface area contributed by atoms with Gasteiger partial charge < -0.3 is 5.32 Å². The van der Waals surface area contributed by atoms with E-state index in [4.69, 9.17) is 0 Å². The summed E-state index contributed by atoms with van der Waals surface area (Å²) in [4.78, 5) is 23.0. The second-order valence-electron chi connectivity index (χ2n) is 4.46. The summed E-state index contributed by atoms with van der Waals surface area (Å²) in [5, 5.41) is 6.63. The number of rotatable bonds is 2. The quantitative estimate of drug-likeness (QED) is 0.876. The van der Waals surface area contributed by atoms with E-state index in [9.17, 15) is 9.59 Å². The molecule has 2 amide bonds. The minimum absolute atomic E-state index is 0.160. The van der Waals surface area contributed by atoms with E-state index in [1.165, 1.54) is 0 Å². The molecular formula is C13H14BrN3O2. The summed E-state index contributed by atoms with van der Waals surface area (Å²) in [5.74, 6) is -0.430. The van der Waals surface area contributed by atoms with Crippen molar-refractivity contribution in [2.24, 2.45) is 5.10 Å². The van der Waals surface area contributed by atoms with Crippen LogP contribution in [0.1, 0.15) is 24.0 Å². The maximum Gasteiger partial charge on any atom is 0.271 e. The summed E-state index contributed by atoms with van der Waals surface area (Å²) in [6.45, 7) is 3.86. The van der Waals surface area contributed by atoms with Crippen molar-refractivity contribution in [3.05, 3.63) is 27.7 Å². The van der Waals surface area contributed by atoms with E-state index in [0.717, 1.165) is 21.3 Å². The first-order chi connectivity index (χ1) is 8.97. The number of anilines is 1. The Labute approximate surface area is 119 Å². The first-order valence-corrected chi connectivity index (χ1v) is 6.70. The van der Waals surface area contributed by atoms with Gasteiger partial charge >= 0.3 is 0 Å². The highest BCUT2D eigenvalue weighted by Gasteiger charge is 2.19. The van der Waals surface area contributed by atoms with Gasteiger partial charge in [0.25, 0.3) is 5.91 Å². The molecule has 0 fully saturated rings. The van der Waals surface area contributed by atoms with Crippen LogP contribution in [0.3, 0.4) is 0 Å². The molecular weight excluding hydrogens is 310 g/mol. The normalized spacial score (nSPS) is 14.7. The van der Waals surface area contributed by atoms with Crippen molar-refractivity contribution in [2.45, 2.75) is 26.7 Å². The fourth-order valence-electron chi connectivity index (χ4n) is 1.93. The third-order valence-corrected chi connectivity index (χ3v) is 3.36. The molecule has 1 aromatic rings. The Morgan fingerprint density at radius 1 is 1.32 bits per heavy atom. The van der Waals surface area contributed by atoms with Crippen LogP contribution < -0.4 is 10.7 Å². The van der Waals surface area contributed by atoms with Crippen LogP contribution >= 0.6 is 15.9 Å². The number of hydrogen-bond donors (Lipinski definition) is 2. The molecule has 5 nitrogen and oxygen atoms in total. The molecule has 0 spiro atoms. The van der Waals surface area contributed by atoms with Gasteiger partial charge in [0.2, 0.25) is 5.91 Å². The molecule has 0 atom stereocenters. The summed E-state index contributed by atoms with van der Waals surface area (Å²) in [5.41, 5.74) is 5.40. The molecule has 2 N–H and O–H groups in total. The van der Waals surface area contributed by atoms with E-state index in [2.05, 4.69) is 31.8 Å². The van der Waals surface area contributed by atoms with Crippen LogP contribution in [0.5, 0.6) is 0 Å². The van der Waals surface area contributed by atoms with Crippen molar-refractivity contribution in [3.63, 3.8) is 0 Å². The fraction of sp³-hybridized carbons (Fsp3) is 0.308. The molecule has 100 valence electrons. The number of carbonyl (C=O) groups is 2. The smallest absolute Gasteiger partial charge is 0.271 e. The number of aryl methyl sites for hydroxylation is 2. The lowest BCUT2D eigenvalue weighted by Crippen LogP contribution is -2.33. The van der Waals surface area contributed by atoms with Crippen molar-refractivity contribution in [1.29, 1.82) is 0 Å². The van der Waals surface area contributed by atoms with E-state index in [0.29, 0.717) is 18.6 Å². The molecule has 0 bridgehead atoms. The van der Waals surface area contributed by atoms with Gasteiger partial charge in [-0.2, -0.15) is 5.10 Å². The second-order valence-corrected chi connectivity index (χ2v) is 5.38. The average Bonchev–Trinajstić information content (AvgIpc) is 2.34. The minimum atomic E-state index is -0.270. The van der Waals surface area contributed by atoms with E-state index >= 15 is 0 Å². The van der Waals surface area contributed by atoms with Gasteiger partial charge in [-0.05, 0) is 37.1 Å². The van der Waals surface area contributed by atoms with Gasteiger partial charge in [-0.3, -0.25) is 9.59 Å². The number of benzene rings is 1. The Morgan fingerprint density at radius 2 is 1.95 bits per heavy atom. The highest BCUT2D eigenvalue weighted by atomic mass is 79.9. The molecule has 0 saturated heterocycles. The Bertz CT molecular complexity index is 558. The third kappa shape index (κ3) is 3.20. The molecule has 0 unspecified atom stereocenters. The first kappa shape index (κ1) is 13.7. The van der Waals surface area contributed by atoms with Crippen molar-refractivity contribution in [1.82, 2.24) is 5.43 Å². The van der Waals surface area contributed by atoms with E-state index in [1.54, 1.807) is 0 Å². The Morgan fingerprint density at radius 3 is 2.47 bits per heavy atom. The lowest BCUT2D eigenvalue weighted by Gasteiger charge is -2.15. The van der Waals surface area contributed by atoms with Crippen LogP contribution in [0.25, 0.3) is 0 Å². The number of hydrazone groups is 1. The van der Waals surface area contributed by atoms with Gasteiger partial charge in [0.05, 0.1) is 0 Å². The Hall–Kier alpha value is -1.69. The van der Waals surface area contributed by atoms with E-state index in [-0.39, 0.29) is 11.8 Å². The van der Waals surface area contributed by atoms with Gasteiger partial charge in [0.15, 0.2) is 0 Å². The number of halogens is 1. The van der Waals surface area contributed by atoms with Gasteiger partial charge in [0.1, 0.15) is 5.71 Å². The molecule has 1 aliphatic heterocycles. The maximum absolute atomic E-state index is 12.1. The monoisotopic (exact) mass is 323 g/mol. The first-order valence-electron chi connectivity index (χ1n) is 5.91. The molecule has 0 aliphatic carbocycles. The highest BCUT2D eigenvalue weighted by Crippen LogP contribution is 2.25. The van der Waals surface area contributed by atoms with E-state index in [1.807, 2.05) is 26.0 Å². The minimum Gasteiger partial charge on any atom is -0.320 e. The molecule has 0 saturated carbocycles. The lowest BCUT2D eigenvalue weighted by atomic mass is 10.1. The van der Waals surface area contributed by atoms with Crippen LogP contribution in [-0.4, -0.2) is 17.5 Å². The third-order valence-electron chi connectivity index (χ3n) is 2.90. The molecule has 2 rings (SSSR count). The molecule has 6 heteroatoms. The maximum atomic E-state index is 12.1. The summed E-state index contributed by atoms with van der Waals surface area (Å²) >= 11 is 3.41. The topological polar surface area (TPSA) is 70.6 Å². The van der Waals surface area contributed by atoms with Crippen LogP contribution in [0.15, 0.2) is 21.7 Å². The van der Waals surface area contributed by atoms with Crippen molar-refractivity contribution in [2.75, 3.05) is 5.32 Å². The second kappa shape index (κ2) is 5.52. The lowest BCUT2D eigenvalue weighted by molar-refractivity contribution is -0.121. The molecule has 0 aromatic heterocycles. The van der Waals surface area contributed by atoms with Crippen LogP contribution in [0, 0.1) is 13.8 Å². The molecule has 0 radical (unpaired) electrons. The van der Waals surface area contributed by atoms with Gasteiger partial charge in [-0.25, -0.2) is 5.43 Å². The fourth-order valence-corrected chi connectivity index (χ4v) is 2.62. The Kier molecular flexibility index (Phi) is 3.99. The zero-order valence-corrected chi connectivity index (χ0v) is 12.3. The number of carbonyl (C=O) groups excluding carboxylic acids is 2. The van der Waals surface area contributed by atoms with Crippen LogP contribution in [0.2, 0.25) is 0 Å². The van der Waals surface area contributed by atoms with Crippen molar-refractivity contribution in [3.8, 4) is 0 Å². The summed E-state index contributed by atoms with van der Waals surface area (Å²) in [7, 11) is 0. The van der Waals surface area contributed by atoms with E-state index < -0.39 is 0 Å². The predicted octanol–water partition coefficient (Wildman–Crippen LogP) is 2.27. The SMILES string of the molecule is Cc1cc(Br)cc(C)c1NC(=O)C1=NNC(=O)CC1. The summed E-state index contributed by atoms with van der Waals surface area (Å²) in [6.07, 6.45) is 0.664. The predicted molar refractivity (Wildman–Crippen MR) is 77.1 cm³/mol. The molecule has 1 aliphatic rings. The average molecular weight is 324 g/mol. The molecule has 1 aromatic carbocycles. The largest absolute Gasteiger partial charge is 0.320 e. The zero-order valence-electron chi connectivity index (χ0n) is 10.7. The number of hydrogen-bond acceptors (Lipinski definition) is 3. The Balaban J connectivity index is 2.18. The number of nitrogens with one attached hydrogen (secondary N) is 2. The highest BCUT2D eigenvalue weighted by molar-refractivity contribution is 9.10. The van der Waals surface area contributed by atoms with Gasteiger partial charge in [-0.15, -0.1) is 0 Å². The molecule has 19 heavy (non-hydrogen) atoms. The molecule has 1 heterocycles. The number of amides is 2. The van der Waals surface area contributed by atoms with Crippen LogP contribution in [-0.2, 0) is 9.59 Å². The van der Waals surface area contributed by atoms with Crippen molar-refractivity contribution < 1.29 is 9.59 Å². The van der Waals surface area contributed by atoms with Crippen LogP contribution in [0.4, 0.5) is 5.69 Å². The van der Waals surface area contributed by atoms with Gasteiger partial charge in [-0.1, -0.05) is 15.9 Å². The van der Waals surface area contributed by atoms with Crippen molar-refractivity contribution >= 4 is 39.1 Å². The van der Waals surface area contributed by atoms with Gasteiger partial charge in [0, 0.05) is 23.0 Å². The summed E-state index contributed by atoms with van der Waals surface area (Å²) in [6, 6.07) is 3.88. The zero-order chi connectivity index (χ0) is 14.0.